The molecule has 0 fully saturated rings. The van der Waals surface area contributed by atoms with E-state index >= 15 is 0 Å². The molecule has 1 amide bonds. The Labute approximate surface area is 103 Å². The third kappa shape index (κ3) is 6.26. The molecule has 0 aliphatic heterocycles. The van der Waals surface area contributed by atoms with E-state index in [0.29, 0.717) is 13.0 Å². The van der Waals surface area contributed by atoms with E-state index in [0.717, 1.165) is 6.54 Å². The Hall–Kier alpha value is -1.10. The number of carbonyl (C=O) groups is 2. The fourth-order valence-electron chi connectivity index (χ4n) is 1.63. The van der Waals surface area contributed by atoms with Crippen molar-refractivity contribution in [1.82, 2.24) is 10.2 Å². The van der Waals surface area contributed by atoms with Gasteiger partial charge >= 0.3 is 5.97 Å². The Kier molecular flexibility index (Phi) is 7.54. The van der Waals surface area contributed by atoms with Gasteiger partial charge in [-0.2, -0.15) is 0 Å². The summed E-state index contributed by atoms with van der Waals surface area (Å²) in [7, 11) is 0. The maximum absolute atomic E-state index is 11.9. The summed E-state index contributed by atoms with van der Waals surface area (Å²) in [5.74, 6) is -1.38. The first kappa shape index (κ1) is 15.9. The van der Waals surface area contributed by atoms with E-state index in [4.69, 9.17) is 5.11 Å². The standard InChI is InChI=1S/C12H24N2O3/c1-5-13-10(4)7-11(15)14(6-2)8-9(3)12(16)17/h9-10,13H,5-8H2,1-4H3,(H,16,17). The highest BCUT2D eigenvalue weighted by Crippen LogP contribution is 2.04. The van der Waals surface area contributed by atoms with Gasteiger partial charge in [-0.1, -0.05) is 13.8 Å². The molecule has 2 unspecified atom stereocenters. The van der Waals surface area contributed by atoms with Crippen LogP contribution in [-0.2, 0) is 9.59 Å². The molecule has 0 aliphatic rings. The minimum absolute atomic E-state index is 0.00838. The van der Waals surface area contributed by atoms with Crippen molar-refractivity contribution in [2.45, 2.75) is 40.2 Å². The fraction of sp³-hybridized carbons (Fsp3) is 0.833. The molecule has 2 N–H and O–H groups in total. The first-order valence-electron chi connectivity index (χ1n) is 6.16. The molecule has 0 radical (unpaired) electrons. The molecule has 0 spiro atoms. The van der Waals surface area contributed by atoms with Gasteiger partial charge in [-0.25, -0.2) is 0 Å². The molecule has 0 aliphatic carbocycles. The van der Waals surface area contributed by atoms with Crippen LogP contribution in [0.2, 0.25) is 0 Å². The van der Waals surface area contributed by atoms with Crippen molar-refractivity contribution < 1.29 is 14.7 Å². The number of aliphatic carboxylic acids is 1. The number of carbonyl (C=O) groups excluding carboxylic acids is 1. The van der Waals surface area contributed by atoms with Crippen LogP contribution in [-0.4, -0.2) is 47.6 Å². The third-order valence-electron chi connectivity index (χ3n) is 2.68. The molecular formula is C12H24N2O3. The Balaban J connectivity index is 4.25. The van der Waals surface area contributed by atoms with Crippen molar-refractivity contribution >= 4 is 11.9 Å². The van der Waals surface area contributed by atoms with Gasteiger partial charge in [-0.15, -0.1) is 0 Å². The highest BCUT2D eigenvalue weighted by Gasteiger charge is 2.20. The van der Waals surface area contributed by atoms with E-state index < -0.39 is 11.9 Å². The van der Waals surface area contributed by atoms with Crippen molar-refractivity contribution in [1.29, 1.82) is 0 Å². The predicted octanol–water partition coefficient (Wildman–Crippen LogP) is 0.944. The summed E-state index contributed by atoms with van der Waals surface area (Å²) in [6, 6.07) is 0.127. The fourth-order valence-corrected chi connectivity index (χ4v) is 1.63. The second kappa shape index (κ2) is 8.06. The summed E-state index contributed by atoms with van der Waals surface area (Å²) < 4.78 is 0. The molecule has 17 heavy (non-hydrogen) atoms. The third-order valence-corrected chi connectivity index (χ3v) is 2.68. The number of hydrogen-bond donors (Lipinski definition) is 2. The molecule has 5 heteroatoms. The lowest BCUT2D eigenvalue weighted by molar-refractivity contribution is -0.143. The van der Waals surface area contributed by atoms with Crippen LogP contribution in [0.3, 0.4) is 0 Å². The quantitative estimate of drug-likeness (QED) is 0.667. The number of amides is 1. The van der Waals surface area contributed by atoms with Gasteiger partial charge in [-0.3, -0.25) is 9.59 Å². The Morgan fingerprint density at radius 3 is 2.29 bits per heavy atom. The van der Waals surface area contributed by atoms with Crippen LogP contribution in [0.25, 0.3) is 0 Å². The van der Waals surface area contributed by atoms with Crippen molar-refractivity contribution in [3.63, 3.8) is 0 Å². The average molecular weight is 244 g/mol. The molecule has 100 valence electrons. The largest absolute Gasteiger partial charge is 0.481 e. The molecule has 2 atom stereocenters. The summed E-state index contributed by atoms with van der Waals surface area (Å²) in [4.78, 5) is 24.3. The smallest absolute Gasteiger partial charge is 0.308 e. The molecule has 0 heterocycles. The van der Waals surface area contributed by atoms with Crippen LogP contribution in [0.15, 0.2) is 0 Å². The minimum Gasteiger partial charge on any atom is -0.481 e. The van der Waals surface area contributed by atoms with Gasteiger partial charge in [0.1, 0.15) is 0 Å². The van der Waals surface area contributed by atoms with Gasteiger partial charge in [0.15, 0.2) is 0 Å². The number of rotatable bonds is 8. The summed E-state index contributed by atoms with van der Waals surface area (Å²) in [6.45, 7) is 9.09. The van der Waals surface area contributed by atoms with Crippen molar-refractivity contribution in [3.8, 4) is 0 Å². The van der Waals surface area contributed by atoms with E-state index in [1.165, 1.54) is 0 Å². The van der Waals surface area contributed by atoms with Crippen LogP contribution >= 0.6 is 0 Å². The molecule has 5 nitrogen and oxygen atoms in total. The van der Waals surface area contributed by atoms with Crippen LogP contribution in [0.5, 0.6) is 0 Å². The molecule has 0 aromatic rings. The Morgan fingerprint density at radius 1 is 1.29 bits per heavy atom. The molecule has 0 aromatic carbocycles. The highest BCUT2D eigenvalue weighted by molar-refractivity contribution is 5.78. The second-order valence-electron chi connectivity index (χ2n) is 4.33. The zero-order valence-electron chi connectivity index (χ0n) is 11.2. The van der Waals surface area contributed by atoms with Crippen molar-refractivity contribution in [2.75, 3.05) is 19.6 Å². The molecule has 0 saturated carbocycles. The first-order valence-corrected chi connectivity index (χ1v) is 6.16. The molecule has 0 rings (SSSR count). The van der Waals surface area contributed by atoms with Crippen LogP contribution in [0, 0.1) is 5.92 Å². The van der Waals surface area contributed by atoms with E-state index in [-0.39, 0.29) is 18.5 Å². The normalized spacial score (nSPS) is 14.1. The average Bonchev–Trinajstić information content (AvgIpc) is 2.25. The van der Waals surface area contributed by atoms with Gasteiger partial charge in [0.2, 0.25) is 5.91 Å². The number of nitrogens with zero attached hydrogens (tertiary/aromatic N) is 1. The predicted molar refractivity (Wildman–Crippen MR) is 66.8 cm³/mol. The minimum atomic E-state index is -0.865. The van der Waals surface area contributed by atoms with Gasteiger partial charge in [0.25, 0.3) is 0 Å². The number of hydrogen-bond acceptors (Lipinski definition) is 3. The Morgan fingerprint density at radius 2 is 1.88 bits per heavy atom. The number of carboxylic acid groups (broad SMARTS) is 1. The summed E-state index contributed by atoms with van der Waals surface area (Å²) in [5, 5.41) is 12.0. The SMILES string of the molecule is CCNC(C)CC(=O)N(CC)CC(C)C(=O)O. The van der Waals surface area contributed by atoms with Gasteiger partial charge in [0, 0.05) is 25.6 Å². The van der Waals surface area contributed by atoms with Gasteiger partial charge < -0.3 is 15.3 Å². The summed E-state index contributed by atoms with van der Waals surface area (Å²) in [5.41, 5.74) is 0. The molecular weight excluding hydrogens is 220 g/mol. The van der Waals surface area contributed by atoms with E-state index in [1.54, 1.807) is 11.8 Å². The maximum Gasteiger partial charge on any atom is 0.308 e. The van der Waals surface area contributed by atoms with Crippen LogP contribution in [0.4, 0.5) is 0 Å². The van der Waals surface area contributed by atoms with Crippen molar-refractivity contribution in [2.24, 2.45) is 5.92 Å². The van der Waals surface area contributed by atoms with Crippen LogP contribution in [0.1, 0.15) is 34.1 Å². The topological polar surface area (TPSA) is 69.6 Å². The second-order valence-corrected chi connectivity index (χ2v) is 4.33. The summed E-state index contributed by atoms with van der Waals surface area (Å²) >= 11 is 0. The van der Waals surface area contributed by atoms with Gasteiger partial charge in [0.05, 0.1) is 5.92 Å². The molecule has 0 aromatic heterocycles. The summed E-state index contributed by atoms with van der Waals surface area (Å²) in [6.07, 6.45) is 0.411. The molecule has 0 saturated heterocycles. The van der Waals surface area contributed by atoms with Crippen molar-refractivity contribution in [3.05, 3.63) is 0 Å². The van der Waals surface area contributed by atoms with E-state index in [9.17, 15) is 9.59 Å². The first-order chi connectivity index (χ1) is 7.92. The van der Waals surface area contributed by atoms with E-state index in [2.05, 4.69) is 5.32 Å². The van der Waals surface area contributed by atoms with Crippen LogP contribution < -0.4 is 5.32 Å². The highest BCUT2D eigenvalue weighted by atomic mass is 16.4. The maximum atomic E-state index is 11.9. The monoisotopic (exact) mass is 244 g/mol. The number of carboxylic acids is 1. The van der Waals surface area contributed by atoms with E-state index in [1.807, 2.05) is 20.8 Å². The number of nitrogens with one attached hydrogen (secondary N) is 1. The Bertz CT molecular complexity index is 256. The van der Waals surface area contributed by atoms with Gasteiger partial charge in [-0.05, 0) is 20.4 Å². The lowest BCUT2D eigenvalue weighted by Gasteiger charge is -2.24. The molecule has 0 bridgehead atoms. The zero-order chi connectivity index (χ0) is 13.4. The zero-order valence-corrected chi connectivity index (χ0v) is 11.2. The lowest BCUT2D eigenvalue weighted by Crippen LogP contribution is -2.40. The lowest BCUT2D eigenvalue weighted by atomic mass is 10.1.